The molecule has 3 aromatic rings. The van der Waals surface area contributed by atoms with E-state index in [4.69, 9.17) is 10.5 Å². The van der Waals surface area contributed by atoms with Crippen LogP contribution in [0.15, 0.2) is 57.0 Å². The van der Waals surface area contributed by atoms with E-state index in [9.17, 15) is 19.2 Å². The number of thioether (sulfide) groups is 1. The van der Waals surface area contributed by atoms with Crippen LogP contribution in [0.25, 0.3) is 0 Å². The number of hydrogen-bond acceptors (Lipinski definition) is 8. The van der Waals surface area contributed by atoms with E-state index in [1.165, 1.54) is 23.6 Å². The van der Waals surface area contributed by atoms with Crippen molar-refractivity contribution >= 4 is 29.5 Å². The monoisotopic (exact) mass is 538 g/mol. The van der Waals surface area contributed by atoms with Gasteiger partial charge in [-0.25, -0.2) is 33.3 Å². The Balaban J connectivity index is 1.62. The maximum atomic E-state index is 13.6. The van der Waals surface area contributed by atoms with Gasteiger partial charge in [0, 0.05) is 22.9 Å². The number of esters is 1. The molecule has 0 spiro atoms. The first-order chi connectivity index (χ1) is 18.1. The molecule has 0 aliphatic carbocycles. The number of ether oxygens (including phenoxy) is 1. The molecule has 1 amide bonds. The van der Waals surface area contributed by atoms with Crippen molar-refractivity contribution in [1.29, 1.82) is 0 Å². The lowest BCUT2D eigenvalue weighted by Crippen LogP contribution is -2.41. The van der Waals surface area contributed by atoms with Crippen molar-refractivity contribution < 1.29 is 14.3 Å². The lowest BCUT2D eigenvalue weighted by molar-refractivity contribution is -0.144. The van der Waals surface area contributed by atoms with Gasteiger partial charge in [-0.15, -0.1) is 11.8 Å². The number of nitrogens with zero attached hydrogens (tertiary/aromatic N) is 4. The molecule has 3 heterocycles. The number of amides is 1. The number of rotatable bonds is 8. The lowest BCUT2D eigenvalue weighted by atomic mass is 10.2. The molecule has 3 N–H and O–H groups in total. The molecular formula is C26H30N6O5S. The van der Waals surface area contributed by atoms with Gasteiger partial charge in [0.15, 0.2) is 6.04 Å². The Kier molecular flexibility index (Phi) is 7.91. The average molecular weight is 539 g/mol. The van der Waals surface area contributed by atoms with Gasteiger partial charge in [-0.05, 0) is 44.0 Å². The number of benzene rings is 1. The topological polar surface area (TPSA) is 143 Å². The quantitative estimate of drug-likeness (QED) is 0.250. The van der Waals surface area contributed by atoms with E-state index in [1.54, 1.807) is 31.2 Å². The van der Waals surface area contributed by atoms with Gasteiger partial charge in [-0.2, -0.15) is 0 Å². The van der Waals surface area contributed by atoms with Gasteiger partial charge in [-0.3, -0.25) is 4.79 Å². The summed E-state index contributed by atoms with van der Waals surface area (Å²) in [5, 5.41) is 2.80. The number of anilines is 1. The van der Waals surface area contributed by atoms with Crippen LogP contribution in [0, 0.1) is 20.8 Å². The van der Waals surface area contributed by atoms with Crippen LogP contribution < -0.4 is 22.4 Å². The molecule has 2 unspecified atom stereocenters. The van der Waals surface area contributed by atoms with E-state index >= 15 is 0 Å². The van der Waals surface area contributed by atoms with Crippen LogP contribution in [0.1, 0.15) is 34.5 Å². The fourth-order valence-electron chi connectivity index (χ4n) is 4.38. The minimum Gasteiger partial charge on any atom is -0.467 e. The highest BCUT2D eigenvalue weighted by atomic mass is 32.2. The van der Waals surface area contributed by atoms with Gasteiger partial charge in [0.2, 0.25) is 5.91 Å². The first-order valence-corrected chi connectivity index (χ1v) is 13.0. The first-order valence-electron chi connectivity index (χ1n) is 12.0. The molecule has 0 saturated heterocycles. The molecule has 2 atom stereocenters. The molecule has 12 heteroatoms. The normalized spacial score (nSPS) is 15.1. The number of nitrogens with two attached hydrogens (primary N) is 1. The van der Waals surface area contributed by atoms with Crippen LogP contribution in [-0.4, -0.2) is 43.7 Å². The molecule has 200 valence electrons. The van der Waals surface area contributed by atoms with Crippen LogP contribution in [0.3, 0.4) is 0 Å². The summed E-state index contributed by atoms with van der Waals surface area (Å²) in [5.74, 6) is -0.723. The molecule has 0 fully saturated rings. The molecule has 38 heavy (non-hydrogen) atoms. The number of nitrogens with one attached hydrogen (secondary N) is 1. The van der Waals surface area contributed by atoms with Gasteiger partial charge < -0.3 is 15.8 Å². The highest BCUT2D eigenvalue weighted by Crippen LogP contribution is 2.27. The van der Waals surface area contributed by atoms with Crippen molar-refractivity contribution in [2.75, 3.05) is 18.6 Å². The number of hydrogen-bond donors (Lipinski definition) is 2. The Morgan fingerprint density at radius 2 is 1.95 bits per heavy atom. The average Bonchev–Trinajstić information content (AvgIpc) is 3.14. The number of pyridine rings is 1. The Labute approximate surface area is 223 Å². The summed E-state index contributed by atoms with van der Waals surface area (Å²) in [6, 6.07) is 7.07. The molecule has 1 aromatic carbocycles. The zero-order valence-electron chi connectivity index (χ0n) is 21.6. The predicted octanol–water partition coefficient (Wildman–Crippen LogP) is 1.65. The second kappa shape index (κ2) is 11.1. The van der Waals surface area contributed by atoms with Crippen LogP contribution in [0.2, 0.25) is 0 Å². The highest BCUT2D eigenvalue weighted by Gasteiger charge is 2.34. The summed E-state index contributed by atoms with van der Waals surface area (Å²) in [5.41, 5.74) is 7.81. The zero-order chi connectivity index (χ0) is 27.6. The van der Waals surface area contributed by atoms with Crippen LogP contribution in [-0.2, 0) is 27.4 Å². The number of fused-ring (bicyclic) bond motifs is 1. The predicted molar refractivity (Wildman–Crippen MR) is 144 cm³/mol. The fraction of sp³-hybridized carbons (Fsp3) is 0.346. The third-order valence-electron chi connectivity index (χ3n) is 6.40. The van der Waals surface area contributed by atoms with Gasteiger partial charge in [-0.1, -0.05) is 35.9 Å². The van der Waals surface area contributed by atoms with E-state index in [0.717, 1.165) is 30.8 Å². The summed E-state index contributed by atoms with van der Waals surface area (Å²) in [6.07, 6.45) is 3.20. The van der Waals surface area contributed by atoms with E-state index in [2.05, 4.69) is 10.3 Å². The number of methoxy groups -OCH3 is 1. The maximum absolute atomic E-state index is 13.6. The highest BCUT2D eigenvalue weighted by molar-refractivity contribution is 7.99. The SMILES string of the molecule is COC(=O)C(CSc1ccc(C)cc1C)n1c(=O)n2n(c1=O)C(C(=O)NCc1ccc(N)nc1C)C=CC2. The summed E-state index contributed by atoms with van der Waals surface area (Å²) in [4.78, 5) is 57.9. The molecule has 1 aliphatic heterocycles. The number of carbonyl (C=O) groups excluding carboxylic acids is 2. The van der Waals surface area contributed by atoms with Gasteiger partial charge in [0.25, 0.3) is 0 Å². The van der Waals surface area contributed by atoms with Crippen molar-refractivity contribution in [3.05, 3.63) is 85.8 Å². The smallest absolute Gasteiger partial charge is 0.349 e. The molecule has 0 saturated carbocycles. The molecule has 1 aliphatic rings. The number of carbonyl (C=O) groups is 2. The third-order valence-corrected chi connectivity index (χ3v) is 7.65. The standard InChI is InChI=1S/C26H30N6O5S/c1-15-7-9-21(16(2)12-15)38-14-20(24(34)37-4)31-25(35)30-11-5-6-19(32(30)26(31)36)23(33)28-13-18-8-10-22(27)29-17(18)3/h5-10,12,19-20H,11,13-14H2,1-4H3,(H2,27,29)(H,28,33). The molecule has 4 rings (SSSR count). The Morgan fingerprint density at radius 1 is 1.18 bits per heavy atom. The Bertz CT molecular complexity index is 1540. The zero-order valence-corrected chi connectivity index (χ0v) is 22.4. The van der Waals surface area contributed by atoms with E-state index < -0.39 is 35.3 Å². The molecule has 11 nitrogen and oxygen atoms in total. The largest absolute Gasteiger partial charge is 0.467 e. The first kappa shape index (κ1) is 27.0. The van der Waals surface area contributed by atoms with Gasteiger partial charge in [0.05, 0.1) is 13.7 Å². The van der Waals surface area contributed by atoms with Crippen molar-refractivity contribution in [3.8, 4) is 0 Å². The Morgan fingerprint density at radius 3 is 2.63 bits per heavy atom. The number of nitrogen functional groups attached to an aromatic ring is 1. The van der Waals surface area contributed by atoms with Crippen molar-refractivity contribution in [2.45, 2.75) is 50.8 Å². The summed E-state index contributed by atoms with van der Waals surface area (Å²) >= 11 is 1.35. The third kappa shape index (κ3) is 5.30. The van der Waals surface area contributed by atoms with Crippen LogP contribution in [0.4, 0.5) is 5.82 Å². The van der Waals surface area contributed by atoms with Crippen LogP contribution in [0.5, 0.6) is 0 Å². The molecule has 0 radical (unpaired) electrons. The van der Waals surface area contributed by atoms with Crippen molar-refractivity contribution in [3.63, 3.8) is 0 Å². The Hall–Kier alpha value is -4.06. The van der Waals surface area contributed by atoms with E-state index in [-0.39, 0.29) is 18.8 Å². The van der Waals surface area contributed by atoms with Crippen molar-refractivity contribution in [1.82, 2.24) is 24.2 Å². The van der Waals surface area contributed by atoms with E-state index in [0.29, 0.717) is 11.5 Å². The number of allylic oxidation sites excluding steroid dienone is 1. The van der Waals surface area contributed by atoms with Crippen LogP contribution >= 0.6 is 11.8 Å². The second-order valence-corrected chi connectivity index (χ2v) is 10.1. The molecule has 0 bridgehead atoms. The molecule has 2 aromatic heterocycles. The van der Waals surface area contributed by atoms with Crippen molar-refractivity contribution in [2.24, 2.45) is 0 Å². The number of aryl methyl sites for hydroxylation is 3. The minimum absolute atomic E-state index is 0.0873. The van der Waals surface area contributed by atoms with Gasteiger partial charge in [0.1, 0.15) is 11.9 Å². The summed E-state index contributed by atoms with van der Waals surface area (Å²) in [6.45, 7) is 5.98. The number of aromatic nitrogens is 4. The second-order valence-electron chi connectivity index (χ2n) is 9.05. The van der Waals surface area contributed by atoms with E-state index in [1.807, 2.05) is 32.0 Å². The summed E-state index contributed by atoms with van der Waals surface area (Å²) in [7, 11) is 1.21. The van der Waals surface area contributed by atoms with Gasteiger partial charge >= 0.3 is 17.3 Å². The molecular weight excluding hydrogens is 508 g/mol. The maximum Gasteiger partial charge on any atom is 0.349 e. The summed E-state index contributed by atoms with van der Waals surface area (Å²) < 4.78 is 8.08. The fourth-order valence-corrected chi connectivity index (χ4v) is 5.45. The minimum atomic E-state index is -1.18. The lowest BCUT2D eigenvalue weighted by Gasteiger charge is -2.20.